The smallest absolute Gasteiger partial charge is 0.260 e. The minimum atomic E-state index is -0.261. The number of hydrogen-bond donors (Lipinski definition) is 1. The number of nitrogens with zero attached hydrogens (tertiary/aromatic N) is 3. The average Bonchev–Trinajstić information content (AvgIpc) is 2.94. The maximum atomic E-state index is 12.8. The molecule has 2 aromatic heterocycles. The number of amides is 1. The van der Waals surface area contributed by atoms with Crippen LogP contribution in [0.5, 0.6) is 0 Å². The van der Waals surface area contributed by atoms with E-state index in [1.54, 1.807) is 17.8 Å². The highest BCUT2D eigenvalue weighted by Gasteiger charge is 2.20. The summed E-state index contributed by atoms with van der Waals surface area (Å²) in [4.78, 5) is 17.0. The van der Waals surface area contributed by atoms with Crippen LogP contribution in [0.15, 0.2) is 48.7 Å². The van der Waals surface area contributed by atoms with E-state index in [1.165, 1.54) is 0 Å². The molecule has 1 amide bonds. The molecule has 0 bridgehead atoms. The highest BCUT2D eigenvalue weighted by atomic mass is 35.5. The van der Waals surface area contributed by atoms with E-state index in [9.17, 15) is 4.79 Å². The molecule has 0 spiro atoms. The Labute approximate surface area is 170 Å². The topological polar surface area (TPSA) is 59.8 Å². The first-order valence-corrected chi connectivity index (χ1v) is 9.55. The van der Waals surface area contributed by atoms with Gasteiger partial charge in [-0.05, 0) is 48.7 Å². The fraction of sp³-hybridized carbons (Fsp3) is 0.227. The fourth-order valence-corrected chi connectivity index (χ4v) is 3.18. The van der Waals surface area contributed by atoms with Crippen molar-refractivity contribution < 1.29 is 4.79 Å². The van der Waals surface area contributed by atoms with E-state index < -0.39 is 0 Å². The Balaban J connectivity index is 1.76. The molecule has 2 heterocycles. The van der Waals surface area contributed by atoms with E-state index in [0.29, 0.717) is 34.6 Å². The molecule has 0 aliphatic heterocycles. The van der Waals surface area contributed by atoms with Gasteiger partial charge in [-0.25, -0.2) is 0 Å². The molecular weight excluding hydrogens is 372 g/mol. The molecule has 0 fully saturated rings. The van der Waals surface area contributed by atoms with Gasteiger partial charge in [-0.3, -0.25) is 14.5 Å². The van der Waals surface area contributed by atoms with Gasteiger partial charge >= 0.3 is 0 Å². The first kappa shape index (κ1) is 19.8. The lowest BCUT2D eigenvalue weighted by molar-refractivity contribution is 0.102. The van der Waals surface area contributed by atoms with Gasteiger partial charge in [0.2, 0.25) is 0 Å². The Hall–Kier alpha value is -2.92. The van der Waals surface area contributed by atoms with E-state index in [2.05, 4.69) is 29.2 Å². The third kappa shape index (κ3) is 4.87. The van der Waals surface area contributed by atoms with E-state index in [0.717, 1.165) is 11.3 Å². The molecule has 0 aliphatic carbocycles. The van der Waals surface area contributed by atoms with E-state index in [-0.39, 0.29) is 5.91 Å². The number of carbonyl (C=O) groups excluding carboxylic acids is 1. The fourth-order valence-electron chi connectivity index (χ4n) is 2.85. The molecule has 3 aromatic rings. The summed E-state index contributed by atoms with van der Waals surface area (Å²) >= 11 is 6.41. The molecule has 1 N–H and O–H groups in total. The van der Waals surface area contributed by atoms with Crippen molar-refractivity contribution in [2.24, 2.45) is 5.92 Å². The van der Waals surface area contributed by atoms with Crippen LogP contribution in [0.4, 0.5) is 5.69 Å². The number of hydrogen-bond acceptors (Lipinski definition) is 3. The second-order valence-electron chi connectivity index (χ2n) is 6.99. The summed E-state index contributed by atoms with van der Waals surface area (Å²) in [7, 11) is 0. The third-order valence-corrected chi connectivity index (χ3v) is 4.49. The van der Waals surface area contributed by atoms with Crippen molar-refractivity contribution >= 4 is 35.3 Å². The lowest BCUT2D eigenvalue weighted by atomic mass is 10.1. The van der Waals surface area contributed by atoms with Gasteiger partial charge in [0.1, 0.15) is 5.15 Å². The maximum absolute atomic E-state index is 12.8. The first-order valence-electron chi connectivity index (χ1n) is 9.17. The number of pyridine rings is 1. The van der Waals surface area contributed by atoms with Crippen LogP contribution >= 0.6 is 11.6 Å². The van der Waals surface area contributed by atoms with Gasteiger partial charge in [-0.1, -0.05) is 49.7 Å². The van der Waals surface area contributed by atoms with Crippen LogP contribution < -0.4 is 5.32 Å². The Morgan fingerprint density at radius 3 is 2.75 bits per heavy atom. The zero-order valence-corrected chi connectivity index (χ0v) is 16.9. The van der Waals surface area contributed by atoms with Crippen LogP contribution in [-0.2, 0) is 6.54 Å². The third-order valence-electron chi connectivity index (χ3n) is 4.11. The van der Waals surface area contributed by atoms with Crippen molar-refractivity contribution in [3.05, 3.63) is 76.3 Å². The summed E-state index contributed by atoms with van der Waals surface area (Å²) in [5, 5.41) is 7.69. The molecule has 1 aromatic carbocycles. The normalized spacial score (nSPS) is 11.3. The highest BCUT2D eigenvalue weighted by Crippen LogP contribution is 2.23. The standard InChI is InChI=1S/C22H23ClN4O/c1-15(2)14-27-21(23)20(16(3)26-27)22(28)25-19-9-6-7-17(13-19)10-11-18-8-4-5-12-24-18/h4-13,15H,14H2,1-3H3,(H,25,28). The number of halogens is 1. The predicted octanol–water partition coefficient (Wildman–Crippen LogP) is 5.32. The molecule has 3 rings (SSSR count). The second-order valence-corrected chi connectivity index (χ2v) is 7.35. The molecule has 144 valence electrons. The Morgan fingerprint density at radius 1 is 1.21 bits per heavy atom. The number of anilines is 1. The van der Waals surface area contributed by atoms with Crippen molar-refractivity contribution in [2.75, 3.05) is 5.32 Å². The lowest BCUT2D eigenvalue weighted by Crippen LogP contribution is -2.13. The molecule has 0 unspecified atom stereocenters. The summed E-state index contributed by atoms with van der Waals surface area (Å²) < 4.78 is 1.68. The van der Waals surface area contributed by atoms with Gasteiger partial charge in [0.15, 0.2) is 0 Å². The summed E-state index contributed by atoms with van der Waals surface area (Å²) in [5.74, 6) is 0.124. The summed E-state index contributed by atoms with van der Waals surface area (Å²) in [6.45, 7) is 6.62. The van der Waals surface area contributed by atoms with E-state index in [1.807, 2.05) is 54.6 Å². The van der Waals surface area contributed by atoms with Crippen molar-refractivity contribution in [1.82, 2.24) is 14.8 Å². The van der Waals surface area contributed by atoms with Gasteiger partial charge in [0.05, 0.1) is 17.0 Å². The lowest BCUT2D eigenvalue weighted by Gasteiger charge is -2.08. The van der Waals surface area contributed by atoms with Gasteiger partial charge < -0.3 is 5.32 Å². The zero-order valence-electron chi connectivity index (χ0n) is 16.2. The molecule has 0 atom stereocenters. The Kier molecular flexibility index (Phi) is 6.26. The molecular formula is C22H23ClN4O. The number of nitrogens with one attached hydrogen (secondary N) is 1. The van der Waals surface area contributed by atoms with Crippen molar-refractivity contribution in [3.8, 4) is 0 Å². The van der Waals surface area contributed by atoms with Crippen LogP contribution in [0, 0.1) is 12.8 Å². The number of aromatic nitrogens is 3. The van der Waals surface area contributed by atoms with Crippen molar-refractivity contribution in [3.63, 3.8) is 0 Å². The quantitative estimate of drug-likeness (QED) is 0.615. The number of aryl methyl sites for hydroxylation is 1. The van der Waals surface area contributed by atoms with Crippen LogP contribution in [0.2, 0.25) is 5.15 Å². The Morgan fingerprint density at radius 2 is 2.04 bits per heavy atom. The minimum absolute atomic E-state index is 0.261. The molecule has 28 heavy (non-hydrogen) atoms. The largest absolute Gasteiger partial charge is 0.322 e. The van der Waals surface area contributed by atoms with Crippen LogP contribution in [0.3, 0.4) is 0 Å². The van der Waals surface area contributed by atoms with Gasteiger partial charge in [0.25, 0.3) is 5.91 Å². The number of carbonyl (C=O) groups is 1. The average molecular weight is 395 g/mol. The van der Waals surface area contributed by atoms with Gasteiger partial charge in [0, 0.05) is 18.4 Å². The van der Waals surface area contributed by atoms with Crippen LogP contribution in [0.25, 0.3) is 12.2 Å². The van der Waals surface area contributed by atoms with Crippen LogP contribution in [-0.4, -0.2) is 20.7 Å². The number of rotatable bonds is 6. The maximum Gasteiger partial charge on any atom is 0.260 e. The molecule has 0 radical (unpaired) electrons. The van der Waals surface area contributed by atoms with Crippen LogP contribution in [0.1, 0.15) is 41.2 Å². The Bertz CT molecular complexity index is 993. The SMILES string of the molecule is Cc1nn(CC(C)C)c(Cl)c1C(=O)Nc1cccc(C=Cc2ccccn2)c1. The molecule has 6 heteroatoms. The van der Waals surface area contributed by atoms with E-state index in [4.69, 9.17) is 11.6 Å². The van der Waals surface area contributed by atoms with Crippen molar-refractivity contribution in [1.29, 1.82) is 0 Å². The first-order chi connectivity index (χ1) is 13.4. The molecule has 5 nitrogen and oxygen atoms in total. The second kappa shape index (κ2) is 8.85. The summed E-state index contributed by atoms with van der Waals surface area (Å²) in [6, 6.07) is 13.4. The summed E-state index contributed by atoms with van der Waals surface area (Å²) in [6.07, 6.45) is 5.64. The zero-order chi connectivity index (χ0) is 20.1. The van der Waals surface area contributed by atoms with Gasteiger partial charge in [-0.2, -0.15) is 5.10 Å². The minimum Gasteiger partial charge on any atom is -0.322 e. The summed E-state index contributed by atoms with van der Waals surface area (Å²) in [5.41, 5.74) is 3.56. The highest BCUT2D eigenvalue weighted by molar-refractivity contribution is 6.33. The van der Waals surface area contributed by atoms with Gasteiger partial charge in [-0.15, -0.1) is 0 Å². The molecule has 0 saturated heterocycles. The van der Waals surface area contributed by atoms with Crippen molar-refractivity contribution in [2.45, 2.75) is 27.3 Å². The predicted molar refractivity (Wildman–Crippen MR) is 114 cm³/mol. The number of benzene rings is 1. The molecule has 0 aliphatic rings. The van der Waals surface area contributed by atoms with E-state index >= 15 is 0 Å². The molecule has 0 saturated carbocycles. The monoisotopic (exact) mass is 394 g/mol.